The van der Waals surface area contributed by atoms with Gasteiger partial charge < -0.3 is 10.5 Å². The minimum Gasteiger partial charge on any atom is -0.457 e. The Morgan fingerprint density at radius 3 is 2.55 bits per heavy atom. The Hall–Kier alpha value is -2.40. The molecule has 0 atom stereocenters. The quantitative estimate of drug-likeness (QED) is 0.682. The van der Waals surface area contributed by atoms with E-state index >= 15 is 0 Å². The molecule has 0 radical (unpaired) electrons. The summed E-state index contributed by atoms with van der Waals surface area (Å²) in [4.78, 5) is 10.5. The molecule has 0 spiro atoms. The topological polar surface area (TPSA) is 78.4 Å². The number of hydrogen-bond acceptors (Lipinski definition) is 4. The van der Waals surface area contributed by atoms with Gasteiger partial charge in [0.1, 0.15) is 11.5 Å². The van der Waals surface area contributed by atoms with Crippen molar-refractivity contribution in [2.75, 3.05) is 0 Å². The largest absolute Gasteiger partial charge is 0.457 e. The number of hydrogen-bond donors (Lipinski definition) is 1. The van der Waals surface area contributed by atoms with E-state index in [-0.39, 0.29) is 5.69 Å². The average Bonchev–Trinajstić information content (AvgIpc) is 2.42. The number of nitrogens with zero attached hydrogens (tertiary/aromatic N) is 1. The summed E-state index contributed by atoms with van der Waals surface area (Å²) < 4.78 is 5.78. The summed E-state index contributed by atoms with van der Waals surface area (Å²) in [6.07, 6.45) is 0. The van der Waals surface area contributed by atoms with Gasteiger partial charge in [0.25, 0.3) is 5.69 Å². The first-order valence-electron chi connectivity index (χ1n) is 6.24. The van der Waals surface area contributed by atoms with E-state index in [0.29, 0.717) is 23.6 Å². The molecule has 0 bridgehead atoms. The molecule has 20 heavy (non-hydrogen) atoms. The second-order valence-electron chi connectivity index (χ2n) is 4.56. The molecule has 0 saturated heterocycles. The first-order chi connectivity index (χ1) is 9.52. The van der Waals surface area contributed by atoms with E-state index in [1.165, 1.54) is 6.07 Å². The molecule has 0 amide bonds. The average molecular weight is 272 g/mol. The van der Waals surface area contributed by atoms with Crippen LogP contribution in [0.3, 0.4) is 0 Å². The van der Waals surface area contributed by atoms with Gasteiger partial charge in [-0.3, -0.25) is 10.1 Å². The highest BCUT2D eigenvalue weighted by Gasteiger charge is 2.15. The fourth-order valence-electron chi connectivity index (χ4n) is 1.98. The lowest BCUT2D eigenvalue weighted by Crippen LogP contribution is -1.98. The Morgan fingerprint density at radius 1 is 1.20 bits per heavy atom. The predicted molar refractivity (Wildman–Crippen MR) is 77.0 cm³/mol. The Bertz CT molecular complexity index is 654. The normalized spacial score (nSPS) is 10.3. The highest BCUT2D eigenvalue weighted by molar-refractivity contribution is 5.50. The highest BCUT2D eigenvalue weighted by atomic mass is 16.6. The van der Waals surface area contributed by atoms with Gasteiger partial charge in [0.15, 0.2) is 0 Å². The van der Waals surface area contributed by atoms with Crippen molar-refractivity contribution in [3.8, 4) is 11.5 Å². The molecule has 5 nitrogen and oxygen atoms in total. The Balaban J connectivity index is 2.35. The summed E-state index contributed by atoms with van der Waals surface area (Å²) in [5, 5.41) is 10.9. The Morgan fingerprint density at radius 2 is 1.95 bits per heavy atom. The standard InChI is InChI=1S/C15H16N2O3/c1-10-8-12(9-16)6-7-14(10)20-15-5-3-4-13(11(15)2)17(18)19/h3-8H,9,16H2,1-2H3. The van der Waals surface area contributed by atoms with Gasteiger partial charge in [0.2, 0.25) is 0 Å². The molecular formula is C15H16N2O3. The number of nitro benzene ring substituents is 1. The molecule has 2 N–H and O–H groups in total. The van der Waals surface area contributed by atoms with Gasteiger partial charge in [0, 0.05) is 12.6 Å². The Kier molecular flexibility index (Phi) is 4.00. The van der Waals surface area contributed by atoms with Crippen LogP contribution in [0.5, 0.6) is 11.5 Å². The summed E-state index contributed by atoms with van der Waals surface area (Å²) in [6, 6.07) is 10.5. The maximum absolute atomic E-state index is 10.9. The number of nitro groups is 1. The fraction of sp³-hybridized carbons (Fsp3) is 0.200. The molecule has 2 rings (SSSR count). The van der Waals surface area contributed by atoms with Crippen molar-refractivity contribution < 1.29 is 9.66 Å². The lowest BCUT2D eigenvalue weighted by molar-refractivity contribution is -0.385. The van der Waals surface area contributed by atoms with Crippen molar-refractivity contribution in [2.45, 2.75) is 20.4 Å². The zero-order chi connectivity index (χ0) is 14.7. The zero-order valence-corrected chi connectivity index (χ0v) is 11.4. The molecule has 0 aliphatic carbocycles. The van der Waals surface area contributed by atoms with Crippen LogP contribution >= 0.6 is 0 Å². The summed E-state index contributed by atoms with van der Waals surface area (Å²) >= 11 is 0. The van der Waals surface area contributed by atoms with Crippen LogP contribution in [0.15, 0.2) is 36.4 Å². The van der Waals surface area contributed by atoms with Gasteiger partial charge in [-0.15, -0.1) is 0 Å². The van der Waals surface area contributed by atoms with Gasteiger partial charge in [-0.2, -0.15) is 0 Å². The first kappa shape index (κ1) is 14.0. The summed E-state index contributed by atoms with van der Waals surface area (Å²) in [5.41, 5.74) is 8.11. The van der Waals surface area contributed by atoms with Gasteiger partial charge in [0.05, 0.1) is 10.5 Å². The highest BCUT2D eigenvalue weighted by Crippen LogP contribution is 2.32. The van der Waals surface area contributed by atoms with Gasteiger partial charge in [-0.25, -0.2) is 0 Å². The number of ether oxygens (including phenoxy) is 1. The molecule has 0 aromatic heterocycles. The van der Waals surface area contributed by atoms with Crippen LogP contribution in [0, 0.1) is 24.0 Å². The van der Waals surface area contributed by atoms with Crippen molar-refractivity contribution >= 4 is 5.69 Å². The lowest BCUT2D eigenvalue weighted by Gasteiger charge is -2.12. The molecule has 0 aliphatic rings. The number of rotatable bonds is 4. The van der Waals surface area contributed by atoms with Crippen LogP contribution < -0.4 is 10.5 Å². The molecule has 0 unspecified atom stereocenters. The summed E-state index contributed by atoms with van der Waals surface area (Å²) in [5.74, 6) is 1.16. The van der Waals surface area contributed by atoms with E-state index in [2.05, 4.69) is 0 Å². The minimum absolute atomic E-state index is 0.0544. The molecule has 5 heteroatoms. The van der Waals surface area contributed by atoms with Crippen LogP contribution in [0.1, 0.15) is 16.7 Å². The third-order valence-corrected chi connectivity index (χ3v) is 3.15. The van der Waals surface area contributed by atoms with Crippen molar-refractivity contribution in [1.82, 2.24) is 0 Å². The third kappa shape index (κ3) is 2.78. The summed E-state index contributed by atoms with van der Waals surface area (Å²) in [7, 11) is 0. The second kappa shape index (κ2) is 5.71. The molecule has 0 aliphatic heterocycles. The van der Waals surface area contributed by atoms with Crippen LogP contribution in [0.2, 0.25) is 0 Å². The lowest BCUT2D eigenvalue weighted by atomic mass is 10.1. The van der Waals surface area contributed by atoms with Gasteiger partial charge >= 0.3 is 0 Å². The third-order valence-electron chi connectivity index (χ3n) is 3.15. The van der Waals surface area contributed by atoms with E-state index < -0.39 is 4.92 Å². The molecule has 104 valence electrons. The fourth-order valence-corrected chi connectivity index (χ4v) is 1.98. The van der Waals surface area contributed by atoms with E-state index in [0.717, 1.165) is 11.1 Å². The monoisotopic (exact) mass is 272 g/mol. The first-order valence-corrected chi connectivity index (χ1v) is 6.24. The van der Waals surface area contributed by atoms with Gasteiger partial charge in [-0.05, 0) is 37.1 Å². The smallest absolute Gasteiger partial charge is 0.276 e. The van der Waals surface area contributed by atoms with Crippen LogP contribution in [0.4, 0.5) is 5.69 Å². The molecular weight excluding hydrogens is 256 g/mol. The van der Waals surface area contributed by atoms with E-state index in [1.54, 1.807) is 19.1 Å². The van der Waals surface area contributed by atoms with Crippen molar-refractivity contribution in [3.05, 3.63) is 63.2 Å². The minimum atomic E-state index is -0.410. The molecule has 0 saturated carbocycles. The second-order valence-corrected chi connectivity index (χ2v) is 4.56. The molecule has 2 aromatic carbocycles. The maximum atomic E-state index is 10.9. The van der Waals surface area contributed by atoms with Crippen molar-refractivity contribution in [2.24, 2.45) is 5.73 Å². The molecule has 0 heterocycles. The predicted octanol–water partition coefficient (Wildman–Crippen LogP) is 3.46. The van der Waals surface area contributed by atoms with E-state index in [9.17, 15) is 10.1 Å². The summed E-state index contributed by atoms with van der Waals surface area (Å²) in [6.45, 7) is 4.06. The van der Waals surface area contributed by atoms with E-state index in [4.69, 9.17) is 10.5 Å². The number of aryl methyl sites for hydroxylation is 1. The van der Waals surface area contributed by atoms with E-state index in [1.807, 2.05) is 25.1 Å². The maximum Gasteiger partial charge on any atom is 0.276 e. The Labute approximate surface area is 117 Å². The van der Waals surface area contributed by atoms with Gasteiger partial charge in [-0.1, -0.05) is 18.2 Å². The van der Waals surface area contributed by atoms with Crippen LogP contribution in [0.25, 0.3) is 0 Å². The zero-order valence-electron chi connectivity index (χ0n) is 11.4. The van der Waals surface area contributed by atoms with Crippen molar-refractivity contribution in [1.29, 1.82) is 0 Å². The number of benzene rings is 2. The van der Waals surface area contributed by atoms with Crippen molar-refractivity contribution in [3.63, 3.8) is 0 Å². The molecule has 2 aromatic rings. The SMILES string of the molecule is Cc1cc(CN)ccc1Oc1cccc([N+](=O)[O-])c1C. The number of nitrogens with two attached hydrogens (primary N) is 1. The van der Waals surface area contributed by atoms with Crippen LogP contribution in [-0.4, -0.2) is 4.92 Å². The molecule has 0 fully saturated rings. The van der Waals surface area contributed by atoms with Crippen LogP contribution in [-0.2, 0) is 6.54 Å².